The van der Waals surface area contributed by atoms with E-state index in [0.29, 0.717) is 17.7 Å². The van der Waals surface area contributed by atoms with E-state index in [1.54, 1.807) is 43.3 Å². The van der Waals surface area contributed by atoms with E-state index in [4.69, 9.17) is 9.47 Å². The van der Waals surface area contributed by atoms with Crippen LogP contribution in [-0.2, 0) is 9.47 Å². The second-order valence-electron chi connectivity index (χ2n) is 5.96. The summed E-state index contributed by atoms with van der Waals surface area (Å²) in [4.78, 5) is 28.3. The van der Waals surface area contributed by atoms with Gasteiger partial charge in [0.15, 0.2) is 0 Å². The normalized spacial score (nSPS) is 10.1. The van der Waals surface area contributed by atoms with Crippen LogP contribution in [0.3, 0.4) is 0 Å². The van der Waals surface area contributed by atoms with Gasteiger partial charge in [-0.1, -0.05) is 6.07 Å². The van der Waals surface area contributed by atoms with Gasteiger partial charge in [0.1, 0.15) is 0 Å². The quantitative estimate of drug-likeness (QED) is 0.627. The van der Waals surface area contributed by atoms with Crippen molar-refractivity contribution >= 4 is 46.6 Å². The first-order valence-electron chi connectivity index (χ1n) is 8.55. The molecule has 6 nitrogen and oxygen atoms in total. The zero-order valence-corrected chi connectivity index (χ0v) is 16.6. The van der Waals surface area contributed by atoms with Crippen LogP contribution in [0.2, 0.25) is 0 Å². The van der Waals surface area contributed by atoms with Gasteiger partial charge in [-0.25, -0.2) is 9.59 Å². The Labute approximate surface area is 169 Å². The molecule has 2 aromatic carbocycles. The van der Waals surface area contributed by atoms with Crippen LogP contribution in [-0.4, -0.2) is 30.6 Å². The van der Waals surface area contributed by atoms with E-state index >= 15 is 0 Å². The largest absolute Gasteiger partial charge is 0.465 e. The molecule has 0 aliphatic rings. The Morgan fingerprint density at radius 1 is 1.04 bits per heavy atom. The summed E-state index contributed by atoms with van der Waals surface area (Å²) in [5.74, 6) is -0.780. The van der Waals surface area contributed by atoms with Crippen molar-refractivity contribution in [2.45, 2.75) is 13.8 Å². The highest BCUT2D eigenvalue weighted by Crippen LogP contribution is 2.28. The molecule has 146 valence electrons. The van der Waals surface area contributed by atoms with Crippen molar-refractivity contribution in [3.8, 4) is 0 Å². The molecule has 1 N–H and O–H groups in total. The standard InChI is InChI=1S/C21H20N2O4.ClH/c1-4-27-21(25)14-6-5-7-16(11-14)23-19-10-13(2)22-18-9-8-15(12-17(18)19)20(24)26-3;/h5-12H,4H2,1-3H3,(H,22,23);1H. The number of hydrogen-bond acceptors (Lipinski definition) is 6. The van der Waals surface area contributed by atoms with Crippen molar-refractivity contribution < 1.29 is 19.1 Å². The molecule has 1 heterocycles. The smallest absolute Gasteiger partial charge is 0.338 e. The summed E-state index contributed by atoms with van der Waals surface area (Å²) in [6.07, 6.45) is 0. The molecule has 28 heavy (non-hydrogen) atoms. The van der Waals surface area contributed by atoms with E-state index in [2.05, 4.69) is 10.3 Å². The summed E-state index contributed by atoms with van der Waals surface area (Å²) < 4.78 is 9.85. The predicted molar refractivity (Wildman–Crippen MR) is 111 cm³/mol. The fraction of sp³-hybridized carbons (Fsp3) is 0.190. The molecular weight excluding hydrogens is 380 g/mol. The average Bonchev–Trinajstić information content (AvgIpc) is 2.67. The van der Waals surface area contributed by atoms with Crippen LogP contribution >= 0.6 is 12.4 Å². The molecule has 0 unspecified atom stereocenters. The molecule has 0 aliphatic carbocycles. The summed E-state index contributed by atoms with van der Waals surface area (Å²) in [6, 6.07) is 14.2. The van der Waals surface area contributed by atoms with Gasteiger partial charge in [-0.05, 0) is 56.3 Å². The van der Waals surface area contributed by atoms with Gasteiger partial charge in [-0.3, -0.25) is 4.98 Å². The van der Waals surface area contributed by atoms with Gasteiger partial charge < -0.3 is 14.8 Å². The Kier molecular flexibility index (Phi) is 6.95. The number of aromatic nitrogens is 1. The number of esters is 2. The third-order valence-electron chi connectivity index (χ3n) is 4.01. The number of nitrogens with zero attached hydrogens (tertiary/aromatic N) is 1. The number of halogens is 1. The Hall–Kier alpha value is -3.12. The maximum absolute atomic E-state index is 12.0. The average molecular weight is 401 g/mol. The number of aryl methyl sites for hydroxylation is 1. The van der Waals surface area contributed by atoms with Crippen molar-refractivity contribution in [2.24, 2.45) is 0 Å². The van der Waals surface area contributed by atoms with Crippen molar-refractivity contribution in [1.29, 1.82) is 0 Å². The lowest BCUT2D eigenvalue weighted by Gasteiger charge is -2.12. The summed E-state index contributed by atoms with van der Waals surface area (Å²) in [7, 11) is 1.35. The maximum atomic E-state index is 12.0. The molecule has 7 heteroatoms. The number of methoxy groups -OCH3 is 1. The van der Waals surface area contributed by atoms with Crippen LogP contribution in [0.5, 0.6) is 0 Å². The van der Waals surface area contributed by atoms with Crippen LogP contribution in [0.1, 0.15) is 33.3 Å². The maximum Gasteiger partial charge on any atom is 0.338 e. The van der Waals surface area contributed by atoms with Crippen molar-refractivity contribution in [3.63, 3.8) is 0 Å². The molecule has 3 aromatic rings. The first kappa shape index (κ1) is 21.2. The lowest BCUT2D eigenvalue weighted by Crippen LogP contribution is -2.05. The zero-order chi connectivity index (χ0) is 19.4. The molecule has 0 fully saturated rings. The van der Waals surface area contributed by atoms with E-state index in [9.17, 15) is 9.59 Å². The minimum atomic E-state index is -0.410. The molecule has 0 spiro atoms. The molecule has 0 saturated heterocycles. The van der Waals surface area contributed by atoms with Gasteiger partial charge in [0.2, 0.25) is 0 Å². The number of ether oxygens (including phenoxy) is 2. The van der Waals surface area contributed by atoms with Gasteiger partial charge in [-0.2, -0.15) is 0 Å². The number of carbonyl (C=O) groups excluding carboxylic acids is 2. The fourth-order valence-electron chi connectivity index (χ4n) is 2.80. The van der Waals surface area contributed by atoms with Gasteiger partial charge in [0.25, 0.3) is 0 Å². The molecule has 0 radical (unpaired) electrons. The van der Waals surface area contributed by atoms with E-state index in [1.807, 2.05) is 19.1 Å². The predicted octanol–water partition coefficient (Wildman–Crippen LogP) is 4.67. The molecule has 1 aromatic heterocycles. The number of nitrogens with one attached hydrogen (secondary N) is 1. The molecule has 0 amide bonds. The molecule has 0 atom stereocenters. The van der Waals surface area contributed by atoms with Crippen LogP contribution in [0, 0.1) is 6.92 Å². The lowest BCUT2D eigenvalue weighted by atomic mass is 10.1. The summed E-state index contributed by atoms with van der Waals surface area (Å²) in [5, 5.41) is 4.09. The highest BCUT2D eigenvalue weighted by Gasteiger charge is 2.12. The number of carbonyl (C=O) groups is 2. The minimum Gasteiger partial charge on any atom is -0.465 e. The molecule has 3 rings (SSSR count). The van der Waals surface area contributed by atoms with Crippen LogP contribution in [0.4, 0.5) is 11.4 Å². The second-order valence-corrected chi connectivity index (χ2v) is 5.96. The van der Waals surface area contributed by atoms with Crippen molar-refractivity contribution in [2.75, 3.05) is 19.0 Å². The van der Waals surface area contributed by atoms with E-state index in [0.717, 1.165) is 28.0 Å². The molecule has 0 aliphatic heterocycles. The Morgan fingerprint density at radius 3 is 2.50 bits per heavy atom. The van der Waals surface area contributed by atoms with Crippen molar-refractivity contribution in [1.82, 2.24) is 4.98 Å². The zero-order valence-electron chi connectivity index (χ0n) is 15.8. The first-order valence-corrected chi connectivity index (χ1v) is 8.55. The third-order valence-corrected chi connectivity index (χ3v) is 4.01. The Balaban J connectivity index is 0.00000280. The minimum absolute atomic E-state index is 0. The Morgan fingerprint density at radius 2 is 1.79 bits per heavy atom. The van der Waals surface area contributed by atoms with Gasteiger partial charge >= 0.3 is 11.9 Å². The number of rotatable bonds is 5. The van der Waals surface area contributed by atoms with E-state index in [-0.39, 0.29) is 18.4 Å². The number of anilines is 2. The highest BCUT2D eigenvalue weighted by atomic mass is 35.5. The number of fused-ring (bicyclic) bond motifs is 1. The first-order chi connectivity index (χ1) is 13.0. The highest BCUT2D eigenvalue weighted by molar-refractivity contribution is 6.00. The second kappa shape index (κ2) is 9.19. The SMILES string of the molecule is CCOC(=O)c1cccc(Nc2cc(C)nc3ccc(C(=O)OC)cc23)c1.Cl. The van der Waals surface area contributed by atoms with E-state index < -0.39 is 5.97 Å². The number of hydrogen-bond donors (Lipinski definition) is 1. The summed E-state index contributed by atoms with van der Waals surface area (Å²) >= 11 is 0. The lowest BCUT2D eigenvalue weighted by molar-refractivity contribution is 0.0525. The fourth-order valence-corrected chi connectivity index (χ4v) is 2.80. The van der Waals surface area contributed by atoms with Crippen LogP contribution in [0.15, 0.2) is 48.5 Å². The third kappa shape index (κ3) is 4.58. The topological polar surface area (TPSA) is 77.5 Å². The monoisotopic (exact) mass is 400 g/mol. The van der Waals surface area contributed by atoms with Gasteiger partial charge in [-0.15, -0.1) is 12.4 Å². The van der Waals surface area contributed by atoms with Crippen LogP contribution in [0.25, 0.3) is 10.9 Å². The summed E-state index contributed by atoms with van der Waals surface area (Å²) in [6.45, 7) is 3.99. The molecular formula is C21H21ClN2O4. The van der Waals surface area contributed by atoms with Gasteiger partial charge in [0.05, 0.1) is 30.4 Å². The van der Waals surface area contributed by atoms with Gasteiger partial charge in [0, 0.05) is 22.5 Å². The molecule has 0 bridgehead atoms. The number of pyridine rings is 1. The summed E-state index contributed by atoms with van der Waals surface area (Å²) in [5.41, 5.74) is 4.01. The number of benzene rings is 2. The van der Waals surface area contributed by atoms with E-state index in [1.165, 1.54) is 7.11 Å². The van der Waals surface area contributed by atoms with Crippen LogP contribution < -0.4 is 5.32 Å². The van der Waals surface area contributed by atoms with Crippen molar-refractivity contribution in [3.05, 3.63) is 65.4 Å². The Bertz CT molecular complexity index is 1020. The molecule has 0 saturated carbocycles.